The molecule has 0 radical (unpaired) electrons. The van der Waals surface area contributed by atoms with Crippen LogP contribution in [0.1, 0.15) is 12.8 Å². The van der Waals surface area contributed by atoms with E-state index in [1.165, 1.54) is 0 Å². The van der Waals surface area contributed by atoms with Gasteiger partial charge in [-0.1, -0.05) is 0 Å². The molecule has 1 aliphatic heterocycles. The minimum Gasteiger partial charge on any atom is -0.365 e. The number of nitrogen functional groups attached to an aromatic ring is 1. The monoisotopic (exact) mass is 240 g/mol. The maximum Gasteiger partial charge on any atom is 0.239 e. The van der Waals surface area contributed by atoms with Gasteiger partial charge in [0.05, 0.1) is 6.20 Å². The Bertz CT molecular complexity index is 377. The number of aromatic nitrogens is 2. The normalized spacial score (nSPS) is 18.1. The van der Waals surface area contributed by atoms with Crippen LogP contribution in [-0.2, 0) is 0 Å². The number of nitrogens with one attached hydrogen (secondary N) is 2. The van der Waals surface area contributed by atoms with Crippen LogP contribution in [0.3, 0.4) is 0 Å². The molecule has 0 amide bonds. The topological polar surface area (TPSA) is 79.1 Å². The van der Waals surface area contributed by atoms with Gasteiger partial charge >= 0.3 is 0 Å². The van der Waals surface area contributed by atoms with E-state index in [0.29, 0.717) is 0 Å². The van der Waals surface area contributed by atoms with E-state index in [2.05, 4.69) is 32.7 Å². The van der Waals surface area contributed by atoms with Crippen molar-refractivity contribution in [2.75, 3.05) is 30.9 Å². The molecule has 1 saturated heterocycles. The lowest BCUT2D eigenvalue weighted by Gasteiger charge is -2.29. The van der Waals surface area contributed by atoms with Gasteiger partial charge < -0.3 is 10.2 Å². The van der Waals surface area contributed by atoms with Crippen LogP contribution in [0.2, 0.25) is 0 Å². The molecule has 6 nitrogen and oxygen atoms in total. The molecule has 1 aromatic heterocycles. The average molecular weight is 240 g/mol. The Kier molecular flexibility index (Phi) is 3.70. The van der Waals surface area contributed by atoms with Crippen LogP contribution in [0, 0.1) is 5.82 Å². The molecule has 0 aromatic carbocycles. The maximum atomic E-state index is 13.5. The Morgan fingerprint density at radius 1 is 1.47 bits per heavy atom. The molecule has 1 fully saturated rings. The molecule has 0 unspecified atom stereocenters. The van der Waals surface area contributed by atoms with Gasteiger partial charge in [0, 0.05) is 6.04 Å². The molecule has 1 aliphatic rings. The zero-order valence-electron chi connectivity index (χ0n) is 9.78. The maximum absolute atomic E-state index is 13.5. The van der Waals surface area contributed by atoms with Crippen LogP contribution in [0.4, 0.5) is 16.2 Å². The molecular formula is C10H17FN6. The number of nitrogens with two attached hydrogens (primary N) is 1. The van der Waals surface area contributed by atoms with Crippen LogP contribution in [0.5, 0.6) is 0 Å². The summed E-state index contributed by atoms with van der Waals surface area (Å²) < 4.78 is 13.5. The Morgan fingerprint density at radius 2 is 2.18 bits per heavy atom. The highest BCUT2D eigenvalue weighted by Gasteiger charge is 2.18. The third kappa shape index (κ3) is 3.01. The molecule has 1 aromatic rings. The second-order valence-corrected chi connectivity index (χ2v) is 4.26. The highest BCUT2D eigenvalue weighted by atomic mass is 19.1. The number of nitrogens with zero attached hydrogens (tertiary/aromatic N) is 3. The highest BCUT2D eigenvalue weighted by molar-refractivity contribution is 5.41. The summed E-state index contributed by atoms with van der Waals surface area (Å²) in [6.07, 6.45) is 3.07. The predicted octanol–water partition coefficient (Wildman–Crippen LogP) is 0.407. The summed E-state index contributed by atoms with van der Waals surface area (Å²) in [6, 6.07) is 0.251. The molecule has 7 heteroatoms. The number of hydrogen-bond donors (Lipinski definition) is 3. The van der Waals surface area contributed by atoms with Crippen LogP contribution in [-0.4, -0.2) is 41.0 Å². The zero-order valence-corrected chi connectivity index (χ0v) is 9.78. The molecular weight excluding hydrogens is 223 g/mol. The first-order valence-electron chi connectivity index (χ1n) is 5.63. The van der Waals surface area contributed by atoms with Gasteiger partial charge in [-0.3, -0.25) is 5.43 Å². The van der Waals surface area contributed by atoms with Crippen molar-refractivity contribution in [1.29, 1.82) is 0 Å². The van der Waals surface area contributed by atoms with Crippen molar-refractivity contribution in [2.24, 2.45) is 5.84 Å². The minimum atomic E-state index is -0.456. The van der Waals surface area contributed by atoms with Crippen LogP contribution < -0.4 is 16.6 Å². The lowest BCUT2D eigenvalue weighted by atomic mass is 10.1. The first-order valence-corrected chi connectivity index (χ1v) is 5.63. The number of rotatable bonds is 3. The van der Waals surface area contributed by atoms with E-state index >= 15 is 0 Å². The lowest BCUT2D eigenvalue weighted by molar-refractivity contribution is 0.263. The van der Waals surface area contributed by atoms with Crippen molar-refractivity contribution in [2.45, 2.75) is 18.9 Å². The highest BCUT2D eigenvalue weighted by Crippen LogP contribution is 2.17. The number of halogens is 1. The molecule has 2 rings (SSSR count). The summed E-state index contributed by atoms with van der Waals surface area (Å²) in [5.74, 6) is 5.15. The summed E-state index contributed by atoms with van der Waals surface area (Å²) in [5, 5.41) is 3.10. The third-order valence-corrected chi connectivity index (χ3v) is 2.93. The first-order chi connectivity index (χ1) is 8.19. The number of likely N-dealkylation sites (tertiary alicyclic amines) is 1. The fourth-order valence-electron chi connectivity index (χ4n) is 1.88. The molecule has 0 spiro atoms. The van der Waals surface area contributed by atoms with Crippen molar-refractivity contribution in [3.63, 3.8) is 0 Å². The van der Waals surface area contributed by atoms with E-state index in [4.69, 9.17) is 5.84 Å². The molecule has 4 N–H and O–H groups in total. The van der Waals surface area contributed by atoms with Crippen molar-refractivity contribution in [1.82, 2.24) is 14.9 Å². The van der Waals surface area contributed by atoms with Gasteiger partial charge in [-0.15, -0.1) is 0 Å². The van der Waals surface area contributed by atoms with Crippen LogP contribution in [0.25, 0.3) is 0 Å². The molecule has 0 atom stereocenters. The van der Waals surface area contributed by atoms with E-state index in [1.54, 1.807) is 0 Å². The van der Waals surface area contributed by atoms with Crippen molar-refractivity contribution < 1.29 is 4.39 Å². The van der Waals surface area contributed by atoms with Gasteiger partial charge in [-0.05, 0) is 33.0 Å². The summed E-state index contributed by atoms with van der Waals surface area (Å²) in [5.41, 5.74) is 2.30. The lowest BCUT2D eigenvalue weighted by Crippen LogP contribution is -2.37. The number of anilines is 2. The van der Waals surface area contributed by atoms with E-state index in [0.717, 1.165) is 32.1 Å². The number of hydrogen-bond acceptors (Lipinski definition) is 6. The Balaban J connectivity index is 2.02. The minimum absolute atomic E-state index is 0.210. The summed E-state index contributed by atoms with van der Waals surface area (Å²) in [4.78, 5) is 9.90. The third-order valence-electron chi connectivity index (χ3n) is 2.93. The van der Waals surface area contributed by atoms with Gasteiger partial charge in [-0.2, -0.15) is 4.98 Å². The SMILES string of the molecule is CN1CCC(Nc2nc(NN)ncc2F)CC1. The number of hydrazine groups is 1. The van der Waals surface area contributed by atoms with E-state index in [9.17, 15) is 4.39 Å². The molecule has 0 aliphatic carbocycles. The second kappa shape index (κ2) is 5.24. The predicted molar refractivity (Wildman–Crippen MR) is 63.9 cm³/mol. The molecule has 94 valence electrons. The largest absolute Gasteiger partial charge is 0.365 e. The molecule has 2 heterocycles. The quantitative estimate of drug-likeness (QED) is 0.524. The van der Waals surface area contributed by atoms with Gasteiger partial charge in [0.1, 0.15) is 0 Å². The Labute approximate surface area is 99.4 Å². The summed E-state index contributed by atoms with van der Waals surface area (Å²) in [6.45, 7) is 2.01. The Morgan fingerprint density at radius 3 is 2.82 bits per heavy atom. The summed E-state index contributed by atoms with van der Waals surface area (Å²) in [7, 11) is 2.08. The fourth-order valence-corrected chi connectivity index (χ4v) is 1.88. The Hall–Kier alpha value is -1.47. The molecule has 0 bridgehead atoms. The van der Waals surface area contributed by atoms with Crippen LogP contribution in [0.15, 0.2) is 6.20 Å². The van der Waals surface area contributed by atoms with Gasteiger partial charge in [0.2, 0.25) is 5.95 Å². The van der Waals surface area contributed by atoms with Gasteiger partial charge in [0.25, 0.3) is 0 Å². The van der Waals surface area contributed by atoms with E-state index in [-0.39, 0.29) is 17.8 Å². The van der Waals surface area contributed by atoms with Crippen molar-refractivity contribution in [3.8, 4) is 0 Å². The van der Waals surface area contributed by atoms with Gasteiger partial charge in [0.15, 0.2) is 11.6 Å². The summed E-state index contributed by atoms with van der Waals surface area (Å²) >= 11 is 0. The van der Waals surface area contributed by atoms with Crippen LogP contribution >= 0.6 is 0 Å². The zero-order chi connectivity index (χ0) is 12.3. The average Bonchev–Trinajstić information content (AvgIpc) is 2.35. The van der Waals surface area contributed by atoms with Crippen molar-refractivity contribution in [3.05, 3.63) is 12.0 Å². The van der Waals surface area contributed by atoms with E-state index in [1.807, 2.05) is 0 Å². The fraction of sp³-hybridized carbons (Fsp3) is 0.600. The van der Waals surface area contributed by atoms with E-state index < -0.39 is 5.82 Å². The molecule has 0 saturated carbocycles. The first kappa shape index (κ1) is 12.0. The second-order valence-electron chi connectivity index (χ2n) is 4.26. The van der Waals surface area contributed by atoms with Crippen molar-refractivity contribution >= 4 is 11.8 Å². The number of piperidine rings is 1. The van der Waals surface area contributed by atoms with Gasteiger partial charge in [-0.25, -0.2) is 15.2 Å². The standard InChI is InChI=1S/C10H17FN6/c1-17-4-2-7(3-5-17)14-9-8(11)6-13-10(15-9)16-12/h6-7H,2-5,12H2,1H3,(H2,13,14,15,16). The molecule has 17 heavy (non-hydrogen) atoms. The smallest absolute Gasteiger partial charge is 0.239 e.